The summed E-state index contributed by atoms with van der Waals surface area (Å²) < 4.78 is 0. The second-order valence-corrected chi connectivity index (χ2v) is 4.33. The van der Waals surface area contributed by atoms with Crippen LogP contribution in [0.2, 0.25) is 0 Å². The van der Waals surface area contributed by atoms with Gasteiger partial charge in [-0.25, -0.2) is 0 Å². The summed E-state index contributed by atoms with van der Waals surface area (Å²) in [6.45, 7) is 19.9. The summed E-state index contributed by atoms with van der Waals surface area (Å²) >= 11 is 0. The Kier molecular flexibility index (Phi) is 14.0. The van der Waals surface area contributed by atoms with Gasteiger partial charge in [0.25, 0.3) is 0 Å². The van der Waals surface area contributed by atoms with Gasteiger partial charge in [-0.2, -0.15) is 0 Å². The van der Waals surface area contributed by atoms with Crippen LogP contribution in [0.1, 0.15) is 60.1 Å². The summed E-state index contributed by atoms with van der Waals surface area (Å²) in [7, 11) is 0. The third-order valence-electron chi connectivity index (χ3n) is 3.42. The first-order chi connectivity index (χ1) is 11.9. The summed E-state index contributed by atoms with van der Waals surface area (Å²) in [5.74, 6) is 0. The zero-order valence-corrected chi connectivity index (χ0v) is 16.2. The molecule has 0 N–H and O–H groups in total. The molecule has 0 radical (unpaired) electrons. The van der Waals surface area contributed by atoms with Crippen molar-refractivity contribution in [3.8, 4) is 0 Å². The van der Waals surface area contributed by atoms with Crippen molar-refractivity contribution < 1.29 is 0 Å². The van der Waals surface area contributed by atoms with E-state index in [-0.39, 0.29) is 7.43 Å². The molecule has 0 unspecified atom stereocenters. The van der Waals surface area contributed by atoms with Crippen LogP contribution in [-0.2, 0) is 0 Å². The largest absolute Gasteiger partial charge is 0.0984 e. The molecule has 0 aliphatic carbocycles. The SMILES string of the molecule is C.C=Cc1c(C=C)c2ccccc2c2ccccc12.CC.CC.CC. The maximum absolute atomic E-state index is 3.95. The van der Waals surface area contributed by atoms with E-state index in [1.54, 1.807) is 0 Å². The summed E-state index contributed by atoms with van der Waals surface area (Å²) in [5.41, 5.74) is 2.33. The third kappa shape index (κ3) is 5.32. The Bertz CT molecular complexity index is 697. The smallest absolute Gasteiger partial charge is 0.00990 e. The van der Waals surface area contributed by atoms with Crippen LogP contribution in [0.4, 0.5) is 0 Å². The van der Waals surface area contributed by atoms with Gasteiger partial charge in [-0.3, -0.25) is 0 Å². The van der Waals surface area contributed by atoms with E-state index in [0.717, 1.165) is 0 Å². The van der Waals surface area contributed by atoms with E-state index in [0.29, 0.717) is 0 Å². The fourth-order valence-corrected chi connectivity index (χ4v) is 2.64. The average molecular weight is 337 g/mol. The Morgan fingerprint density at radius 1 is 0.520 bits per heavy atom. The lowest BCUT2D eigenvalue weighted by Gasteiger charge is -2.12. The zero-order valence-electron chi connectivity index (χ0n) is 16.2. The Morgan fingerprint density at radius 3 is 1.00 bits per heavy atom. The molecule has 0 saturated heterocycles. The molecular weight excluding hydrogens is 300 g/mol. The quantitative estimate of drug-likeness (QED) is 0.409. The highest BCUT2D eigenvalue weighted by Gasteiger charge is 2.09. The third-order valence-corrected chi connectivity index (χ3v) is 3.42. The van der Waals surface area contributed by atoms with E-state index >= 15 is 0 Å². The molecule has 0 amide bonds. The fraction of sp³-hybridized carbons (Fsp3) is 0.280. The fourth-order valence-electron chi connectivity index (χ4n) is 2.64. The van der Waals surface area contributed by atoms with Gasteiger partial charge in [0.05, 0.1) is 0 Å². The molecular formula is C25H36. The number of fused-ring (bicyclic) bond motifs is 3. The minimum Gasteiger partial charge on any atom is -0.0984 e. The molecule has 3 aromatic carbocycles. The van der Waals surface area contributed by atoms with Gasteiger partial charge in [0.2, 0.25) is 0 Å². The van der Waals surface area contributed by atoms with Crippen molar-refractivity contribution >= 4 is 33.7 Å². The first-order valence-corrected chi connectivity index (χ1v) is 9.05. The Labute approximate surface area is 155 Å². The van der Waals surface area contributed by atoms with Crippen LogP contribution >= 0.6 is 0 Å². The monoisotopic (exact) mass is 336 g/mol. The Hall–Kier alpha value is -2.34. The van der Waals surface area contributed by atoms with Crippen molar-refractivity contribution in [2.45, 2.75) is 49.0 Å². The van der Waals surface area contributed by atoms with Crippen LogP contribution in [0.25, 0.3) is 33.7 Å². The summed E-state index contributed by atoms with van der Waals surface area (Å²) in [6, 6.07) is 16.9. The lowest BCUT2D eigenvalue weighted by atomic mass is 9.92. The lowest BCUT2D eigenvalue weighted by molar-refractivity contribution is 1.50. The molecule has 0 saturated carbocycles. The van der Waals surface area contributed by atoms with E-state index < -0.39 is 0 Å². The Morgan fingerprint density at radius 2 is 0.760 bits per heavy atom. The summed E-state index contributed by atoms with van der Waals surface area (Å²) in [5, 5.41) is 5.02. The summed E-state index contributed by atoms with van der Waals surface area (Å²) in [6.07, 6.45) is 3.84. The van der Waals surface area contributed by atoms with Gasteiger partial charge < -0.3 is 0 Å². The number of hydrogen-bond acceptors (Lipinski definition) is 0. The molecule has 0 nitrogen and oxygen atoms in total. The molecule has 3 aromatic rings. The van der Waals surface area contributed by atoms with Crippen molar-refractivity contribution in [1.29, 1.82) is 0 Å². The van der Waals surface area contributed by atoms with Crippen molar-refractivity contribution in [2.75, 3.05) is 0 Å². The van der Waals surface area contributed by atoms with Crippen LogP contribution in [0, 0.1) is 0 Å². The highest BCUT2D eigenvalue weighted by molar-refractivity contribution is 6.14. The van der Waals surface area contributed by atoms with E-state index in [2.05, 4.69) is 61.7 Å². The van der Waals surface area contributed by atoms with Gasteiger partial charge in [-0.15, -0.1) is 0 Å². The van der Waals surface area contributed by atoms with Crippen LogP contribution in [0.15, 0.2) is 61.7 Å². The number of rotatable bonds is 2. The molecule has 136 valence electrons. The number of benzene rings is 3. The molecule has 0 spiro atoms. The van der Waals surface area contributed by atoms with Gasteiger partial charge in [0.15, 0.2) is 0 Å². The molecule has 0 aromatic heterocycles. The highest BCUT2D eigenvalue weighted by atomic mass is 14.1. The number of hydrogen-bond donors (Lipinski definition) is 0. The first-order valence-electron chi connectivity index (χ1n) is 9.05. The van der Waals surface area contributed by atoms with Crippen molar-refractivity contribution in [3.63, 3.8) is 0 Å². The predicted molar refractivity (Wildman–Crippen MR) is 122 cm³/mol. The molecule has 25 heavy (non-hydrogen) atoms. The molecule has 0 aliphatic rings. The second-order valence-electron chi connectivity index (χ2n) is 4.33. The Balaban J connectivity index is 0. The maximum atomic E-state index is 3.95. The summed E-state index contributed by atoms with van der Waals surface area (Å²) in [4.78, 5) is 0. The second kappa shape index (κ2) is 14.0. The van der Waals surface area contributed by atoms with Crippen LogP contribution in [0.5, 0.6) is 0 Å². The van der Waals surface area contributed by atoms with Gasteiger partial charge in [0, 0.05) is 0 Å². The standard InChI is InChI=1S/C18H14.3C2H6.CH4/c1-3-13-14(4-2)16-10-6-8-12-18(16)17-11-7-5-9-15(13)17;3*1-2;/h3-12H,1-2H2;3*1-2H3;1H4. The van der Waals surface area contributed by atoms with Gasteiger partial charge in [-0.1, -0.05) is 123 Å². The first kappa shape index (κ1) is 24.9. The minimum absolute atomic E-state index is 0. The topological polar surface area (TPSA) is 0 Å². The van der Waals surface area contributed by atoms with Crippen LogP contribution in [0.3, 0.4) is 0 Å². The molecule has 0 bridgehead atoms. The molecule has 3 rings (SSSR count). The van der Waals surface area contributed by atoms with Crippen LogP contribution in [-0.4, -0.2) is 0 Å². The van der Waals surface area contributed by atoms with E-state index in [1.807, 2.05) is 53.7 Å². The maximum Gasteiger partial charge on any atom is -0.00990 e. The predicted octanol–water partition coefficient (Wildman–Crippen LogP) is 8.99. The average Bonchev–Trinajstić information content (AvgIpc) is 2.71. The zero-order chi connectivity index (χ0) is 18.5. The molecule has 0 fully saturated rings. The van der Waals surface area contributed by atoms with Gasteiger partial charge >= 0.3 is 0 Å². The van der Waals surface area contributed by atoms with Crippen molar-refractivity contribution in [3.05, 3.63) is 72.8 Å². The molecule has 0 heteroatoms. The van der Waals surface area contributed by atoms with Gasteiger partial charge in [0.1, 0.15) is 0 Å². The van der Waals surface area contributed by atoms with E-state index in [4.69, 9.17) is 0 Å². The van der Waals surface area contributed by atoms with E-state index in [9.17, 15) is 0 Å². The molecule has 0 heterocycles. The normalized spacial score (nSPS) is 8.40. The van der Waals surface area contributed by atoms with Crippen molar-refractivity contribution in [1.82, 2.24) is 0 Å². The highest BCUT2D eigenvalue weighted by Crippen LogP contribution is 2.33. The lowest BCUT2D eigenvalue weighted by Crippen LogP contribution is -1.88. The van der Waals surface area contributed by atoms with E-state index in [1.165, 1.54) is 32.7 Å². The van der Waals surface area contributed by atoms with Crippen molar-refractivity contribution in [2.24, 2.45) is 0 Å². The minimum atomic E-state index is 0. The van der Waals surface area contributed by atoms with Gasteiger partial charge in [-0.05, 0) is 32.7 Å². The molecule has 0 atom stereocenters. The van der Waals surface area contributed by atoms with Crippen LogP contribution < -0.4 is 0 Å². The molecule has 0 aliphatic heterocycles.